The van der Waals surface area contributed by atoms with Gasteiger partial charge in [0.1, 0.15) is 5.82 Å². The number of aromatic amines is 1. The summed E-state index contributed by atoms with van der Waals surface area (Å²) in [6, 6.07) is 6.78. The van der Waals surface area contributed by atoms with E-state index in [0.29, 0.717) is 16.7 Å². The van der Waals surface area contributed by atoms with Crippen molar-refractivity contribution < 1.29 is 4.79 Å². The van der Waals surface area contributed by atoms with E-state index >= 15 is 0 Å². The lowest BCUT2D eigenvalue weighted by molar-refractivity contribution is -0.119. The first-order chi connectivity index (χ1) is 8.08. The molecule has 0 spiro atoms. The van der Waals surface area contributed by atoms with Crippen LogP contribution in [0, 0.1) is 0 Å². The van der Waals surface area contributed by atoms with E-state index in [1.165, 1.54) is 6.92 Å². The van der Waals surface area contributed by atoms with E-state index in [0.717, 1.165) is 0 Å². The molecule has 2 N–H and O–H groups in total. The van der Waals surface area contributed by atoms with Crippen LogP contribution < -0.4 is 10.9 Å². The zero-order chi connectivity index (χ0) is 12.4. The number of para-hydroxylation sites is 1. The van der Waals surface area contributed by atoms with Crippen LogP contribution in [0.25, 0.3) is 10.9 Å². The molecule has 1 atom stereocenters. The van der Waals surface area contributed by atoms with Crippen molar-refractivity contribution in [3.8, 4) is 0 Å². The number of benzene rings is 1. The number of nitrogens with one attached hydrogen (secondary N) is 2. The number of carbonyl (C=O) groups is 1. The molecule has 5 nitrogen and oxygen atoms in total. The number of H-pyrrole nitrogens is 1. The lowest BCUT2D eigenvalue weighted by Crippen LogP contribution is -2.27. The first kappa shape index (κ1) is 11.3. The summed E-state index contributed by atoms with van der Waals surface area (Å²) >= 11 is 0. The Morgan fingerprint density at radius 2 is 2.12 bits per heavy atom. The van der Waals surface area contributed by atoms with Gasteiger partial charge in [-0.25, -0.2) is 4.98 Å². The summed E-state index contributed by atoms with van der Waals surface area (Å²) in [6.45, 7) is 3.20. The predicted molar refractivity (Wildman–Crippen MR) is 64.6 cm³/mol. The van der Waals surface area contributed by atoms with Gasteiger partial charge in [0.15, 0.2) is 0 Å². The molecule has 0 bridgehead atoms. The maximum absolute atomic E-state index is 11.8. The van der Waals surface area contributed by atoms with Crippen LogP contribution in [0.3, 0.4) is 0 Å². The van der Waals surface area contributed by atoms with Crippen LogP contribution in [0.1, 0.15) is 25.7 Å². The van der Waals surface area contributed by atoms with E-state index in [1.807, 2.05) is 6.07 Å². The Balaban J connectivity index is 2.50. The average Bonchev–Trinajstić information content (AvgIpc) is 2.28. The van der Waals surface area contributed by atoms with Gasteiger partial charge in [-0.1, -0.05) is 12.1 Å². The Morgan fingerprint density at radius 1 is 1.41 bits per heavy atom. The largest absolute Gasteiger partial charge is 0.347 e. The summed E-state index contributed by atoms with van der Waals surface area (Å²) in [6.07, 6.45) is 0. The SMILES string of the molecule is CC(=O)NC(C)c1nc2ccccc2c(=O)[nH]1. The van der Waals surface area contributed by atoms with Gasteiger partial charge in [0.25, 0.3) is 5.56 Å². The van der Waals surface area contributed by atoms with Crippen LogP contribution in [-0.2, 0) is 4.79 Å². The van der Waals surface area contributed by atoms with Crippen molar-refractivity contribution in [2.75, 3.05) is 0 Å². The van der Waals surface area contributed by atoms with Crippen molar-refractivity contribution in [2.24, 2.45) is 0 Å². The van der Waals surface area contributed by atoms with E-state index in [-0.39, 0.29) is 17.5 Å². The molecule has 0 radical (unpaired) electrons. The lowest BCUT2D eigenvalue weighted by Gasteiger charge is -2.11. The molecule has 2 rings (SSSR count). The highest BCUT2D eigenvalue weighted by molar-refractivity contribution is 5.77. The fraction of sp³-hybridized carbons (Fsp3) is 0.250. The summed E-state index contributed by atoms with van der Waals surface area (Å²) in [4.78, 5) is 29.7. The van der Waals surface area contributed by atoms with E-state index < -0.39 is 0 Å². The summed E-state index contributed by atoms with van der Waals surface area (Å²) in [5.41, 5.74) is 0.436. The second-order valence-corrected chi connectivity index (χ2v) is 3.89. The van der Waals surface area contributed by atoms with Crippen molar-refractivity contribution in [2.45, 2.75) is 19.9 Å². The van der Waals surface area contributed by atoms with Gasteiger partial charge in [0, 0.05) is 6.92 Å². The molecule has 0 saturated carbocycles. The highest BCUT2D eigenvalue weighted by Crippen LogP contribution is 2.10. The van der Waals surface area contributed by atoms with Gasteiger partial charge in [-0.2, -0.15) is 0 Å². The monoisotopic (exact) mass is 231 g/mol. The number of aromatic nitrogens is 2. The first-order valence-electron chi connectivity index (χ1n) is 5.34. The Bertz CT molecular complexity index is 618. The molecule has 1 aromatic heterocycles. The minimum Gasteiger partial charge on any atom is -0.347 e. The zero-order valence-electron chi connectivity index (χ0n) is 9.65. The fourth-order valence-corrected chi connectivity index (χ4v) is 1.68. The molecule has 1 amide bonds. The minimum absolute atomic E-state index is 0.159. The van der Waals surface area contributed by atoms with Crippen molar-refractivity contribution >= 4 is 16.8 Å². The van der Waals surface area contributed by atoms with Gasteiger partial charge in [-0.05, 0) is 19.1 Å². The zero-order valence-corrected chi connectivity index (χ0v) is 9.65. The van der Waals surface area contributed by atoms with Crippen molar-refractivity contribution in [3.63, 3.8) is 0 Å². The summed E-state index contributed by atoms with van der Waals surface area (Å²) in [5.74, 6) is 0.303. The summed E-state index contributed by atoms with van der Waals surface area (Å²) in [5, 5.41) is 3.23. The van der Waals surface area contributed by atoms with Gasteiger partial charge in [-0.3, -0.25) is 9.59 Å². The Kier molecular flexibility index (Phi) is 2.91. The molecule has 1 heterocycles. The van der Waals surface area contributed by atoms with Gasteiger partial charge in [-0.15, -0.1) is 0 Å². The van der Waals surface area contributed by atoms with Crippen LogP contribution >= 0.6 is 0 Å². The molecule has 17 heavy (non-hydrogen) atoms. The smallest absolute Gasteiger partial charge is 0.258 e. The number of nitrogens with zero attached hydrogens (tertiary/aromatic N) is 1. The molecule has 88 valence electrons. The predicted octanol–water partition coefficient (Wildman–Crippen LogP) is 1.12. The molecule has 0 aliphatic heterocycles. The van der Waals surface area contributed by atoms with Crippen LogP contribution in [0.2, 0.25) is 0 Å². The Labute approximate surface area is 97.9 Å². The maximum atomic E-state index is 11.8. The maximum Gasteiger partial charge on any atom is 0.258 e. The van der Waals surface area contributed by atoms with Crippen molar-refractivity contribution in [3.05, 3.63) is 40.4 Å². The second-order valence-electron chi connectivity index (χ2n) is 3.89. The standard InChI is InChI=1S/C12H13N3O2/c1-7(13-8(2)16)11-14-10-6-4-3-5-9(10)12(17)15-11/h3-7H,1-2H3,(H,13,16)(H,14,15,17). The van der Waals surface area contributed by atoms with E-state index in [1.54, 1.807) is 25.1 Å². The van der Waals surface area contributed by atoms with Crippen molar-refractivity contribution in [1.82, 2.24) is 15.3 Å². The van der Waals surface area contributed by atoms with Gasteiger partial charge >= 0.3 is 0 Å². The molecule has 0 fully saturated rings. The molecule has 0 saturated heterocycles. The van der Waals surface area contributed by atoms with E-state index in [9.17, 15) is 9.59 Å². The molecular formula is C12H13N3O2. The molecule has 5 heteroatoms. The van der Waals surface area contributed by atoms with Crippen LogP contribution in [0.15, 0.2) is 29.1 Å². The highest BCUT2D eigenvalue weighted by atomic mass is 16.1. The quantitative estimate of drug-likeness (QED) is 0.813. The molecule has 2 aromatic rings. The minimum atomic E-state index is -0.315. The van der Waals surface area contributed by atoms with Crippen LogP contribution in [-0.4, -0.2) is 15.9 Å². The molecule has 1 unspecified atom stereocenters. The second kappa shape index (κ2) is 4.37. The van der Waals surface area contributed by atoms with Crippen LogP contribution in [0.4, 0.5) is 0 Å². The normalized spacial score (nSPS) is 12.4. The number of fused-ring (bicyclic) bond motifs is 1. The topological polar surface area (TPSA) is 74.8 Å². The average molecular weight is 231 g/mol. The van der Waals surface area contributed by atoms with Gasteiger partial charge in [0.2, 0.25) is 5.91 Å². The molecule has 1 aromatic carbocycles. The third-order valence-corrected chi connectivity index (χ3v) is 2.46. The van der Waals surface area contributed by atoms with E-state index in [4.69, 9.17) is 0 Å². The molecule has 0 aliphatic carbocycles. The number of rotatable bonds is 2. The number of hydrogen-bond donors (Lipinski definition) is 2. The Morgan fingerprint density at radius 3 is 2.82 bits per heavy atom. The highest BCUT2D eigenvalue weighted by Gasteiger charge is 2.10. The Hall–Kier alpha value is -2.17. The van der Waals surface area contributed by atoms with Gasteiger partial charge in [0.05, 0.1) is 16.9 Å². The fourth-order valence-electron chi connectivity index (χ4n) is 1.68. The van der Waals surface area contributed by atoms with E-state index in [2.05, 4.69) is 15.3 Å². The van der Waals surface area contributed by atoms with Crippen molar-refractivity contribution in [1.29, 1.82) is 0 Å². The first-order valence-corrected chi connectivity index (χ1v) is 5.34. The molecule has 0 aliphatic rings. The number of hydrogen-bond acceptors (Lipinski definition) is 3. The summed E-state index contributed by atoms with van der Waals surface area (Å²) in [7, 11) is 0. The molecular weight excluding hydrogens is 218 g/mol. The third-order valence-electron chi connectivity index (χ3n) is 2.46. The van der Waals surface area contributed by atoms with Gasteiger partial charge < -0.3 is 10.3 Å². The number of amides is 1. The number of carbonyl (C=O) groups excluding carboxylic acids is 1. The lowest BCUT2D eigenvalue weighted by atomic mass is 10.2. The third kappa shape index (κ3) is 2.33. The summed E-state index contributed by atoms with van der Waals surface area (Å²) < 4.78 is 0. The van der Waals surface area contributed by atoms with Crippen LogP contribution in [0.5, 0.6) is 0 Å².